The minimum absolute atomic E-state index is 0. The molecular weight excluding hydrogens is 411 g/mol. The number of aliphatic carboxylic acids is 1. The number of hydrogen-bond donors (Lipinski definition) is 1. The van der Waals surface area contributed by atoms with Gasteiger partial charge in [0.1, 0.15) is 0 Å². The van der Waals surface area contributed by atoms with E-state index in [1.807, 2.05) is 0 Å². The number of unbranched alkanes of at least 4 members (excludes halogenated alkanes) is 4. The van der Waals surface area contributed by atoms with Gasteiger partial charge in [-0.25, -0.2) is 0 Å². The monoisotopic (exact) mass is 443 g/mol. The van der Waals surface area contributed by atoms with Crippen LogP contribution in [-0.2, 0) is 4.79 Å². The SMILES string of the molecule is CCCCC/C=C\C/C=C\C/C=C\C/C=C\CCCC(=O)O.[La]. The fourth-order valence-corrected chi connectivity index (χ4v) is 1.93. The molecule has 0 saturated carbocycles. The molecule has 0 saturated heterocycles. The number of carboxylic acids is 1. The maximum Gasteiger partial charge on any atom is 0.303 e. The zero-order chi connectivity index (χ0) is 16.3. The van der Waals surface area contributed by atoms with Gasteiger partial charge in [-0.05, 0) is 44.9 Å². The number of carboxylic acid groups (broad SMARTS) is 1. The Morgan fingerprint density at radius 1 is 0.739 bits per heavy atom. The average molecular weight is 443 g/mol. The Hall–Kier alpha value is -0.375. The minimum atomic E-state index is -0.712. The van der Waals surface area contributed by atoms with Crippen molar-refractivity contribution in [2.24, 2.45) is 0 Å². The summed E-state index contributed by atoms with van der Waals surface area (Å²) in [5.41, 5.74) is 0. The van der Waals surface area contributed by atoms with Gasteiger partial charge < -0.3 is 5.11 Å². The van der Waals surface area contributed by atoms with E-state index in [9.17, 15) is 4.79 Å². The van der Waals surface area contributed by atoms with Crippen molar-refractivity contribution in [2.45, 2.75) is 71.1 Å². The van der Waals surface area contributed by atoms with Crippen LogP contribution < -0.4 is 0 Å². The summed E-state index contributed by atoms with van der Waals surface area (Å²) in [5.74, 6) is -0.712. The van der Waals surface area contributed by atoms with Crippen molar-refractivity contribution in [2.75, 3.05) is 0 Å². The van der Waals surface area contributed by atoms with Crippen LogP contribution in [0.2, 0.25) is 0 Å². The molecule has 0 heterocycles. The van der Waals surface area contributed by atoms with Crippen LogP contribution in [0, 0.1) is 35.6 Å². The van der Waals surface area contributed by atoms with Crippen molar-refractivity contribution in [1.82, 2.24) is 0 Å². The van der Waals surface area contributed by atoms with Crippen molar-refractivity contribution in [3.05, 3.63) is 48.6 Å². The van der Waals surface area contributed by atoms with Crippen LogP contribution in [0.3, 0.4) is 0 Å². The topological polar surface area (TPSA) is 37.3 Å². The first-order valence-electron chi connectivity index (χ1n) is 8.59. The first-order valence-corrected chi connectivity index (χ1v) is 8.59. The van der Waals surface area contributed by atoms with Crippen molar-refractivity contribution in [1.29, 1.82) is 0 Å². The van der Waals surface area contributed by atoms with Crippen LogP contribution in [0.15, 0.2) is 48.6 Å². The van der Waals surface area contributed by atoms with Crippen LogP contribution in [0.1, 0.15) is 71.1 Å². The molecule has 2 nitrogen and oxygen atoms in total. The molecule has 3 heteroatoms. The number of carbonyl (C=O) groups is 1. The van der Waals surface area contributed by atoms with Crippen LogP contribution in [0.5, 0.6) is 0 Å². The van der Waals surface area contributed by atoms with E-state index in [4.69, 9.17) is 5.11 Å². The molecule has 0 atom stereocenters. The van der Waals surface area contributed by atoms with E-state index in [-0.39, 0.29) is 42.0 Å². The van der Waals surface area contributed by atoms with E-state index >= 15 is 0 Å². The third-order valence-corrected chi connectivity index (χ3v) is 3.22. The normalized spacial score (nSPS) is 11.9. The molecule has 0 amide bonds. The summed E-state index contributed by atoms with van der Waals surface area (Å²) in [6, 6.07) is 0. The first-order chi connectivity index (χ1) is 10.8. The van der Waals surface area contributed by atoms with Gasteiger partial charge in [-0.3, -0.25) is 4.79 Å². The molecule has 0 aliphatic heterocycles. The second kappa shape index (κ2) is 21.6. The van der Waals surface area contributed by atoms with Gasteiger partial charge in [0.25, 0.3) is 0 Å². The molecule has 127 valence electrons. The molecule has 0 unspecified atom stereocenters. The molecule has 0 aromatic rings. The van der Waals surface area contributed by atoms with Gasteiger partial charge in [0, 0.05) is 42.0 Å². The predicted octanol–water partition coefficient (Wildman–Crippen LogP) is 6.22. The summed E-state index contributed by atoms with van der Waals surface area (Å²) in [6.45, 7) is 2.23. The summed E-state index contributed by atoms with van der Waals surface area (Å²) in [6.07, 6.45) is 27.3. The Labute approximate surface area is 170 Å². The fourth-order valence-electron chi connectivity index (χ4n) is 1.93. The third kappa shape index (κ3) is 24.0. The van der Waals surface area contributed by atoms with Crippen molar-refractivity contribution in [3.8, 4) is 0 Å². The number of hydrogen-bond acceptors (Lipinski definition) is 1. The molecule has 0 aromatic carbocycles. The molecule has 0 aromatic heterocycles. The van der Waals surface area contributed by atoms with E-state index in [0.717, 1.165) is 32.1 Å². The summed E-state index contributed by atoms with van der Waals surface area (Å²) in [5, 5.41) is 8.49. The summed E-state index contributed by atoms with van der Waals surface area (Å²) < 4.78 is 0. The Morgan fingerprint density at radius 2 is 1.17 bits per heavy atom. The van der Waals surface area contributed by atoms with Gasteiger partial charge >= 0.3 is 5.97 Å². The second-order valence-electron chi connectivity index (χ2n) is 5.37. The van der Waals surface area contributed by atoms with Crippen molar-refractivity contribution < 1.29 is 45.5 Å². The van der Waals surface area contributed by atoms with Gasteiger partial charge in [-0.2, -0.15) is 0 Å². The standard InChI is InChI=1S/C20H32O2.La/c1-2-3-4-5-6-7-8-9-10-11-12-13-14-15-16-17-18-19-20(21)22;/h6-7,9-10,12-13,15-16H,2-5,8,11,14,17-19H2,1H3,(H,21,22);/b7-6-,10-9-,13-12-,16-15-;. The Balaban J connectivity index is 0. The fraction of sp³-hybridized carbons (Fsp3) is 0.550. The van der Waals surface area contributed by atoms with Gasteiger partial charge in [-0.15, -0.1) is 0 Å². The van der Waals surface area contributed by atoms with E-state index < -0.39 is 5.97 Å². The zero-order valence-electron chi connectivity index (χ0n) is 14.6. The Bertz CT molecular complexity index is 368. The number of allylic oxidation sites excluding steroid dienone is 8. The van der Waals surface area contributed by atoms with E-state index in [0.29, 0.717) is 0 Å². The molecule has 1 radical (unpaired) electrons. The largest absolute Gasteiger partial charge is 0.481 e. The van der Waals surface area contributed by atoms with Gasteiger partial charge in [0.15, 0.2) is 0 Å². The van der Waals surface area contributed by atoms with E-state index in [1.165, 1.54) is 25.7 Å². The predicted molar refractivity (Wildman–Crippen MR) is 96.0 cm³/mol. The first kappa shape index (κ1) is 24.9. The molecular formula is C20H32LaO2. The smallest absolute Gasteiger partial charge is 0.303 e. The molecule has 0 fully saturated rings. The van der Waals surface area contributed by atoms with Gasteiger partial charge in [-0.1, -0.05) is 68.4 Å². The van der Waals surface area contributed by atoms with Crippen molar-refractivity contribution in [3.63, 3.8) is 0 Å². The Morgan fingerprint density at radius 3 is 1.61 bits per heavy atom. The van der Waals surface area contributed by atoms with Crippen LogP contribution in [-0.4, -0.2) is 11.1 Å². The second-order valence-corrected chi connectivity index (χ2v) is 5.37. The van der Waals surface area contributed by atoms with Gasteiger partial charge in [0.2, 0.25) is 0 Å². The quantitative estimate of drug-likeness (QED) is 0.256. The molecule has 0 aliphatic rings. The molecule has 0 spiro atoms. The summed E-state index contributed by atoms with van der Waals surface area (Å²) in [4.78, 5) is 10.3. The maximum atomic E-state index is 10.3. The number of rotatable bonds is 14. The van der Waals surface area contributed by atoms with Crippen molar-refractivity contribution >= 4 is 5.97 Å². The van der Waals surface area contributed by atoms with E-state index in [1.54, 1.807) is 0 Å². The Kier molecular flexibility index (Phi) is 23.4. The van der Waals surface area contributed by atoms with Gasteiger partial charge in [0.05, 0.1) is 0 Å². The average Bonchev–Trinajstić information content (AvgIpc) is 2.50. The molecule has 1 N–H and O–H groups in total. The van der Waals surface area contributed by atoms with Crippen LogP contribution in [0.25, 0.3) is 0 Å². The minimum Gasteiger partial charge on any atom is -0.481 e. The molecule has 23 heavy (non-hydrogen) atoms. The molecule has 0 rings (SSSR count). The maximum absolute atomic E-state index is 10.3. The summed E-state index contributed by atoms with van der Waals surface area (Å²) in [7, 11) is 0. The third-order valence-electron chi connectivity index (χ3n) is 3.22. The van der Waals surface area contributed by atoms with Crippen LogP contribution in [0.4, 0.5) is 0 Å². The van der Waals surface area contributed by atoms with E-state index in [2.05, 4.69) is 55.5 Å². The summed E-state index contributed by atoms with van der Waals surface area (Å²) >= 11 is 0. The zero-order valence-corrected chi connectivity index (χ0v) is 18.2. The van der Waals surface area contributed by atoms with Crippen LogP contribution >= 0.6 is 0 Å². The molecule has 0 aliphatic carbocycles. The molecule has 0 bridgehead atoms.